The van der Waals surface area contributed by atoms with Gasteiger partial charge in [0.1, 0.15) is 5.82 Å². The fraction of sp³-hybridized carbons (Fsp3) is 0.476. The summed E-state index contributed by atoms with van der Waals surface area (Å²) in [7, 11) is 0. The maximum absolute atomic E-state index is 13.0. The molecule has 140 valence electrons. The van der Waals surface area contributed by atoms with E-state index in [1.165, 1.54) is 35.9 Å². The Kier molecular flexibility index (Phi) is 4.44. The molecule has 27 heavy (non-hydrogen) atoms. The second-order valence-corrected chi connectivity index (χ2v) is 8.50. The van der Waals surface area contributed by atoms with Gasteiger partial charge in [0.25, 0.3) is 0 Å². The summed E-state index contributed by atoms with van der Waals surface area (Å²) in [6.07, 6.45) is 8.27. The van der Waals surface area contributed by atoms with Crippen LogP contribution in [0, 0.1) is 0 Å². The molecule has 2 aliphatic heterocycles. The van der Waals surface area contributed by atoms with Gasteiger partial charge in [0, 0.05) is 42.8 Å². The molecule has 0 spiro atoms. The third kappa shape index (κ3) is 3.16. The molecule has 0 bridgehead atoms. The van der Waals surface area contributed by atoms with Gasteiger partial charge >= 0.3 is 0 Å². The molecule has 2 aliphatic rings. The van der Waals surface area contributed by atoms with E-state index in [1.54, 1.807) is 0 Å². The molecule has 1 amide bonds. The van der Waals surface area contributed by atoms with Crippen molar-refractivity contribution in [1.29, 1.82) is 0 Å². The van der Waals surface area contributed by atoms with E-state index in [9.17, 15) is 4.79 Å². The molecule has 5 nitrogen and oxygen atoms in total. The molecule has 0 radical (unpaired) electrons. The fourth-order valence-corrected chi connectivity index (χ4v) is 5.32. The minimum Gasteiger partial charge on any atom is -0.342 e. The molecule has 6 heteroatoms. The van der Waals surface area contributed by atoms with E-state index < -0.39 is 0 Å². The molecule has 1 aromatic carbocycles. The SMILES string of the molecule is O=C(Cc1nsc2ccccc12)N1CCCC(c2ncc3n2CCCC3)C1. The predicted octanol–water partition coefficient (Wildman–Crippen LogP) is 3.78. The van der Waals surface area contributed by atoms with Crippen molar-refractivity contribution < 1.29 is 4.79 Å². The zero-order valence-corrected chi connectivity index (χ0v) is 16.2. The molecule has 2 aromatic heterocycles. The topological polar surface area (TPSA) is 51.0 Å². The summed E-state index contributed by atoms with van der Waals surface area (Å²) >= 11 is 1.48. The third-order valence-electron chi connectivity index (χ3n) is 5.94. The molecule has 5 rings (SSSR count). The first-order valence-electron chi connectivity index (χ1n) is 9.95. The molecular formula is C21H24N4OS. The van der Waals surface area contributed by atoms with Crippen LogP contribution in [0.1, 0.15) is 48.8 Å². The Morgan fingerprint density at radius 1 is 1.19 bits per heavy atom. The van der Waals surface area contributed by atoms with Crippen molar-refractivity contribution in [2.45, 2.75) is 51.0 Å². The maximum atomic E-state index is 13.0. The average molecular weight is 381 g/mol. The standard InChI is InChI=1S/C21H24N4OS/c26-20(12-18-17-8-1-2-9-19(17)27-23-18)24-10-5-6-15(14-24)21-22-13-16-7-3-4-11-25(16)21/h1-2,8-9,13,15H,3-7,10-12,14H2. The highest BCUT2D eigenvalue weighted by atomic mass is 32.1. The minimum atomic E-state index is 0.196. The highest BCUT2D eigenvalue weighted by Crippen LogP contribution is 2.30. The predicted molar refractivity (Wildman–Crippen MR) is 107 cm³/mol. The molecule has 0 aliphatic carbocycles. The van der Waals surface area contributed by atoms with Gasteiger partial charge in [-0.2, -0.15) is 4.37 Å². The molecule has 0 saturated carbocycles. The monoisotopic (exact) mass is 380 g/mol. The van der Waals surface area contributed by atoms with Crippen molar-refractivity contribution in [1.82, 2.24) is 18.8 Å². The lowest BCUT2D eigenvalue weighted by atomic mass is 9.96. The molecule has 0 N–H and O–H groups in total. The number of fused-ring (bicyclic) bond motifs is 2. The number of imidazole rings is 1. The number of aryl methyl sites for hydroxylation is 1. The van der Waals surface area contributed by atoms with Gasteiger partial charge in [-0.15, -0.1) is 0 Å². The summed E-state index contributed by atoms with van der Waals surface area (Å²) < 4.78 is 8.10. The molecule has 1 saturated heterocycles. The molecular weight excluding hydrogens is 356 g/mol. The van der Waals surface area contributed by atoms with E-state index >= 15 is 0 Å². The van der Waals surface area contributed by atoms with Crippen molar-refractivity contribution in [3.05, 3.63) is 47.7 Å². The lowest BCUT2D eigenvalue weighted by molar-refractivity contribution is -0.131. The number of piperidine rings is 1. The van der Waals surface area contributed by atoms with E-state index in [1.807, 2.05) is 17.0 Å². The number of hydrogen-bond donors (Lipinski definition) is 0. The van der Waals surface area contributed by atoms with Crippen LogP contribution in [-0.4, -0.2) is 37.8 Å². The van der Waals surface area contributed by atoms with Crippen molar-refractivity contribution >= 4 is 27.5 Å². The number of rotatable bonds is 3. The largest absolute Gasteiger partial charge is 0.342 e. The van der Waals surface area contributed by atoms with Gasteiger partial charge in [0.2, 0.25) is 5.91 Å². The van der Waals surface area contributed by atoms with Crippen molar-refractivity contribution in [3.8, 4) is 0 Å². The fourth-order valence-electron chi connectivity index (χ4n) is 4.52. The van der Waals surface area contributed by atoms with Gasteiger partial charge in [-0.3, -0.25) is 4.79 Å². The number of hydrogen-bond acceptors (Lipinski definition) is 4. The minimum absolute atomic E-state index is 0.196. The summed E-state index contributed by atoms with van der Waals surface area (Å²) in [6.45, 7) is 2.72. The van der Waals surface area contributed by atoms with Crippen LogP contribution in [0.5, 0.6) is 0 Å². The Balaban J connectivity index is 1.32. The number of aromatic nitrogens is 3. The van der Waals surface area contributed by atoms with Crippen molar-refractivity contribution in [2.24, 2.45) is 0 Å². The molecule has 1 fully saturated rings. The lowest BCUT2D eigenvalue weighted by Crippen LogP contribution is -2.40. The van der Waals surface area contributed by atoms with E-state index in [0.29, 0.717) is 12.3 Å². The summed E-state index contributed by atoms with van der Waals surface area (Å²) in [5.74, 6) is 1.75. The van der Waals surface area contributed by atoms with Gasteiger partial charge in [0.05, 0.1) is 16.8 Å². The Labute approximate surface area is 163 Å². The van der Waals surface area contributed by atoms with Gasteiger partial charge in [-0.05, 0) is 49.7 Å². The number of carbonyl (C=O) groups excluding carboxylic acids is 1. The third-order valence-corrected chi connectivity index (χ3v) is 6.81. The number of benzene rings is 1. The number of amides is 1. The first kappa shape index (κ1) is 16.9. The second-order valence-electron chi connectivity index (χ2n) is 7.70. The summed E-state index contributed by atoms with van der Waals surface area (Å²) in [5.41, 5.74) is 2.29. The number of nitrogens with zero attached hydrogens (tertiary/aromatic N) is 4. The highest BCUT2D eigenvalue weighted by molar-refractivity contribution is 7.13. The van der Waals surface area contributed by atoms with Gasteiger partial charge in [-0.25, -0.2) is 4.98 Å². The summed E-state index contributed by atoms with van der Waals surface area (Å²) in [6, 6.07) is 8.17. The van der Waals surface area contributed by atoms with Crippen molar-refractivity contribution in [3.63, 3.8) is 0 Å². The van der Waals surface area contributed by atoms with Crippen LogP contribution in [0.3, 0.4) is 0 Å². The Hall–Kier alpha value is -2.21. The van der Waals surface area contributed by atoms with Gasteiger partial charge in [0.15, 0.2) is 0 Å². The lowest BCUT2D eigenvalue weighted by Gasteiger charge is -2.33. The van der Waals surface area contributed by atoms with Crippen LogP contribution in [0.25, 0.3) is 10.1 Å². The maximum Gasteiger partial charge on any atom is 0.228 e. The average Bonchev–Trinajstić information content (AvgIpc) is 3.33. The summed E-state index contributed by atoms with van der Waals surface area (Å²) in [4.78, 5) is 19.8. The smallest absolute Gasteiger partial charge is 0.228 e. The Morgan fingerprint density at radius 2 is 2.11 bits per heavy atom. The molecule has 4 heterocycles. The molecule has 1 atom stereocenters. The van der Waals surface area contributed by atoms with E-state index in [2.05, 4.69) is 27.3 Å². The number of likely N-dealkylation sites (tertiary alicyclic amines) is 1. The van der Waals surface area contributed by atoms with Crippen LogP contribution < -0.4 is 0 Å². The van der Waals surface area contributed by atoms with Crippen LogP contribution in [0.15, 0.2) is 30.5 Å². The van der Waals surface area contributed by atoms with Crippen LogP contribution in [0.4, 0.5) is 0 Å². The normalized spacial score (nSPS) is 20.0. The van der Waals surface area contributed by atoms with Gasteiger partial charge in [-0.1, -0.05) is 18.2 Å². The van der Waals surface area contributed by atoms with Crippen LogP contribution in [0.2, 0.25) is 0 Å². The summed E-state index contributed by atoms with van der Waals surface area (Å²) in [5, 5.41) is 1.12. The Bertz CT molecular complexity index is 976. The highest BCUT2D eigenvalue weighted by Gasteiger charge is 2.29. The zero-order valence-electron chi connectivity index (χ0n) is 15.4. The van der Waals surface area contributed by atoms with E-state index in [0.717, 1.165) is 54.7 Å². The molecule has 3 aromatic rings. The second kappa shape index (κ2) is 7.08. The first-order chi connectivity index (χ1) is 13.3. The van der Waals surface area contributed by atoms with E-state index in [4.69, 9.17) is 4.98 Å². The quantitative estimate of drug-likeness (QED) is 0.695. The Morgan fingerprint density at radius 3 is 3.07 bits per heavy atom. The van der Waals surface area contributed by atoms with E-state index in [-0.39, 0.29) is 5.91 Å². The molecule has 1 unspecified atom stereocenters. The first-order valence-corrected chi connectivity index (χ1v) is 10.7. The van der Waals surface area contributed by atoms with Gasteiger partial charge < -0.3 is 9.47 Å². The van der Waals surface area contributed by atoms with Crippen molar-refractivity contribution in [2.75, 3.05) is 13.1 Å². The van der Waals surface area contributed by atoms with Crippen LogP contribution >= 0.6 is 11.5 Å². The zero-order chi connectivity index (χ0) is 18.2. The number of carbonyl (C=O) groups is 1. The van der Waals surface area contributed by atoms with Crippen LogP contribution in [-0.2, 0) is 24.2 Å².